The highest BCUT2D eigenvalue weighted by Crippen LogP contribution is 2.63. The van der Waals surface area contributed by atoms with Gasteiger partial charge in [-0.3, -0.25) is 0 Å². The van der Waals surface area contributed by atoms with Crippen molar-refractivity contribution in [1.29, 1.82) is 0 Å². The van der Waals surface area contributed by atoms with E-state index in [2.05, 4.69) is 17.1 Å². The summed E-state index contributed by atoms with van der Waals surface area (Å²) in [5.41, 5.74) is 5.38. The maximum Gasteiger partial charge on any atom is 0.268 e. The molecule has 6 nitrogen and oxygen atoms in total. The topological polar surface area (TPSA) is 71.8 Å². The summed E-state index contributed by atoms with van der Waals surface area (Å²) in [5.74, 6) is 0.543. The Labute approximate surface area is 202 Å². The Morgan fingerprint density at radius 2 is 2.03 bits per heavy atom. The summed E-state index contributed by atoms with van der Waals surface area (Å²) in [7, 11) is -2.22. The zero-order chi connectivity index (χ0) is 23.4. The highest BCUT2D eigenvalue weighted by atomic mass is 32.2. The van der Waals surface area contributed by atoms with Crippen LogP contribution in [0.3, 0.4) is 0 Å². The number of aromatic nitrogens is 1. The molecule has 1 aliphatic carbocycles. The van der Waals surface area contributed by atoms with Gasteiger partial charge >= 0.3 is 0 Å². The molecule has 4 aliphatic rings. The molecule has 3 aliphatic heterocycles. The summed E-state index contributed by atoms with van der Waals surface area (Å²) in [4.78, 5) is 2.67. The van der Waals surface area contributed by atoms with Gasteiger partial charge in [0.1, 0.15) is 16.7 Å². The van der Waals surface area contributed by atoms with Crippen LogP contribution in [-0.2, 0) is 21.2 Å². The summed E-state index contributed by atoms with van der Waals surface area (Å²) in [6.45, 7) is 2.77. The second-order valence-corrected chi connectivity index (χ2v) is 12.7. The van der Waals surface area contributed by atoms with Gasteiger partial charge < -0.3 is 14.7 Å². The second kappa shape index (κ2) is 6.71. The molecule has 0 amide bonds. The predicted octanol–water partition coefficient (Wildman–Crippen LogP) is 4.09. The van der Waals surface area contributed by atoms with E-state index < -0.39 is 15.5 Å². The standard InChI is InChI=1S/C26H24N2O4S2/c1-15-3-7-19(8-4-15)34(30,31)28-14-16-9-10-27-18-6-5-17-11-22(29)33-26(17,13-18)20-12-21(32-2)25(28)23(16)24(20)27/h3-8,11-12,14,18,22,29H,9-10,13H2,1-2H3/t18-,22?,26+/m0/s1. The van der Waals surface area contributed by atoms with E-state index in [0.717, 1.165) is 52.7 Å². The van der Waals surface area contributed by atoms with Crippen LogP contribution >= 0.6 is 11.8 Å². The number of aliphatic hydroxyl groups is 1. The first-order chi connectivity index (χ1) is 16.3. The smallest absolute Gasteiger partial charge is 0.268 e. The van der Waals surface area contributed by atoms with E-state index in [1.54, 1.807) is 37.2 Å². The van der Waals surface area contributed by atoms with Crippen LogP contribution in [0.2, 0.25) is 0 Å². The fraction of sp³-hybridized carbons (Fsp3) is 0.308. The van der Waals surface area contributed by atoms with Crippen LogP contribution in [0.4, 0.5) is 5.69 Å². The quantitative estimate of drug-likeness (QED) is 0.594. The minimum absolute atomic E-state index is 0.212. The Balaban J connectivity index is 1.55. The fourth-order valence-electron chi connectivity index (χ4n) is 6.15. The number of thioether (sulfide) groups is 1. The molecule has 8 heteroatoms. The molecule has 1 spiro atoms. The van der Waals surface area contributed by atoms with Crippen molar-refractivity contribution in [2.75, 3.05) is 18.6 Å². The Morgan fingerprint density at radius 1 is 1.24 bits per heavy atom. The number of nitrogens with zero attached hydrogens (tertiary/aromatic N) is 2. The van der Waals surface area contributed by atoms with Gasteiger partial charge in [0, 0.05) is 29.7 Å². The van der Waals surface area contributed by atoms with Crippen molar-refractivity contribution in [3.05, 3.63) is 77.0 Å². The molecule has 1 N–H and O–H groups in total. The van der Waals surface area contributed by atoms with Crippen molar-refractivity contribution in [1.82, 2.24) is 3.97 Å². The van der Waals surface area contributed by atoms with Crippen LogP contribution in [0.15, 0.2) is 65.2 Å². The van der Waals surface area contributed by atoms with Crippen LogP contribution in [-0.4, -0.2) is 42.6 Å². The van der Waals surface area contributed by atoms with E-state index in [0.29, 0.717) is 11.3 Å². The number of hydrogen-bond donors (Lipinski definition) is 1. The minimum atomic E-state index is -3.81. The normalized spacial score (nSPS) is 26.6. The molecule has 2 aromatic carbocycles. The van der Waals surface area contributed by atoms with Gasteiger partial charge in [0.25, 0.3) is 10.0 Å². The minimum Gasteiger partial charge on any atom is -0.494 e. The van der Waals surface area contributed by atoms with E-state index in [4.69, 9.17) is 4.74 Å². The average molecular weight is 493 g/mol. The summed E-state index contributed by atoms with van der Waals surface area (Å²) >= 11 is 1.57. The maximum absolute atomic E-state index is 13.8. The van der Waals surface area contributed by atoms with E-state index in [-0.39, 0.29) is 15.7 Å². The van der Waals surface area contributed by atoms with E-state index >= 15 is 0 Å². The molecule has 174 valence electrons. The van der Waals surface area contributed by atoms with Crippen molar-refractivity contribution < 1.29 is 18.3 Å². The van der Waals surface area contributed by atoms with E-state index in [1.807, 2.05) is 31.2 Å². The number of anilines is 1. The Morgan fingerprint density at radius 3 is 2.79 bits per heavy atom. The molecular formula is C26H24N2O4S2. The van der Waals surface area contributed by atoms with Gasteiger partial charge in [-0.05, 0) is 55.2 Å². The lowest BCUT2D eigenvalue weighted by Crippen LogP contribution is -2.49. The first kappa shape index (κ1) is 20.7. The van der Waals surface area contributed by atoms with Crippen LogP contribution < -0.4 is 9.64 Å². The molecule has 0 saturated heterocycles. The first-order valence-corrected chi connectivity index (χ1v) is 13.8. The number of rotatable bonds is 3. The largest absolute Gasteiger partial charge is 0.494 e. The molecule has 4 heterocycles. The Hall–Kier alpha value is -2.68. The molecule has 2 bridgehead atoms. The maximum atomic E-state index is 13.8. The molecule has 0 saturated carbocycles. The number of fused-ring (bicyclic) bond motifs is 2. The number of methoxy groups -OCH3 is 1. The van der Waals surface area contributed by atoms with Crippen LogP contribution in [0, 0.1) is 6.92 Å². The van der Waals surface area contributed by atoms with Crippen molar-refractivity contribution in [2.24, 2.45) is 0 Å². The van der Waals surface area contributed by atoms with Gasteiger partial charge in [-0.1, -0.05) is 29.8 Å². The number of aliphatic hydroxyl groups excluding tert-OH is 1. The van der Waals surface area contributed by atoms with Gasteiger partial charge in [0.2, 0.25) is 0 Å². The van der Waals surface area contributed by atoms with Crippen LogP contribution in [0.5, 0.6) is 5.75 Å². The van der Waals surface area contributed by atoms with Gasteiger partial charge in [-0.2, -0.15) is 0 Å². The number of ether oxygens (including phenoxy) is 1. The van der Waals surface area contributed by atoms with Crippen molar-refractivity contribution in [3.63, 3.8) is 0 Å². The molecule has 7 rings (SSSR count). The van der Waals surface area contributed by atoms with Gasteiger partial charge in [-0.25, -0.2) is 12.4 Å². The van der Waals surface area contributed by atoms with Crippen molar-refractivity contribution in [3.8, 4) is 5.75 Å². The third-order valence-electron chi connectivity index (χ3n) is 7.70. The third kappa shape index (κ3) is 2.48. The highest BCUT2D eigenvalue weighted by molar-refractivity contribution is 8.01. The highest BCUT2D eigenvalue weighted by Gasteiger charge is 2.53. The predicted molar refractivity (Wildman–Crippen MR) is 134 cm³/mol. The molecule has 1 unspecified atom stereocenters. The number of allylic oxidation sites excluding steroid dienone is 1. The zero-order valence-corrected chi connectivity index (χ0v) is 20.5. The van der Waals surface area contributed by atoms with Crippen molar-refractivity contribution in [2.45, 2.75) is 40.9 Å². The first-order valence-electron chi connectivity index (χ1n) is 11.4. The molecule has 1 aromatic heterocycles. The van der Waals surface area contributed by atoms with Crippen LogP contribution in [0.1, 0.15) is 23.1 Å². The molecular weight excluding hydrogens is 468 g/mol. The fourth-order valence-corrected chi connectivity index (χ4v) is 9.00. The Bertz CT molecular complexity index is 1550. The van der Waals surface area contributed by atoms with E-state index in [1.165, 1.54) is 3.97 Å². The lowest BCUT2D eigenvalue weighted by molar-refractivity contribution is 0.311. The summed E-state index contributed by atoms with van der Waals surface area (Å²) in [6, 6.07) is 9.19. The van der Waals surface area contributed by atoms with Gasteiger partial charge in [0.05, 0.1) is 22.4 Å². The second-order valence-electron chi connectivity index (χ2n) is 9.50. The number of aryl methyl sites for hydroxylation is 1. The van der Waals surface area contributed by atoms with Crippen LogP contribution in [0.25, 0.3) is 10.9 Å². The van der Waals surface area contributed by atoms with E-state index in [9.17, 15) is 13.5 Å². The molecule has 0 fully saturated rings. The summed E-state index contributed by atoms with van der Waals surface area (Å²) in [6.07, 6.45) is 9.75. The van der Waals surface area contributed by atoms with Crippen molar-refractivity contribution >= 4 is 38.4 Å². The molecule has 0 radical (unpaired) electrons. The zero-order valence-electron chi connectivity index (χ0n) is 18.9. The molecule has 34 heavy (non-hydrogen) atoms. The van der Waals surface area contributed by atoms with Gasteiger partial charge in [0.15, 0.2) is 0 Å². The third-order valence-corrected chi connectivity index (χ3v) is 10.8. The number of benzene rings is 2. The molecule has 3 atom stereocenters. The summed E-state index contributed by atoms with van der Waals surface area (Å²) in [5, 5.41) is 11.5. The lowest BCUT2D eigenvalue weighted by Gasteiger charge is -2.50. The monoisotopic (exact) mass is 492 g/mol. The average Bonchev–Trinajstić information content (AvgIpc) is 3.38. The number of hydrogen-bond acceptors (Lipinski definition) is 6. The Kier molecular flexibility index (Phi) is 4.08. The lowest BCUT2D eigenvalue weighted by atomic mass is 9.74. The summed E-state index contributed by atoms with van der Waals surface area (Å²) < 4.78 is 34.5. The molecule has 3 aromatic rings. The van der Waals surface area contributed by atoms with Gasteiger partial charge in [-0.15, -0.1) is 11.8 Å². The SMILES string of the molecule is COc1cc2c3c4c(cn(S(=O)(=O)c5ccc(C)cc5)c14)CCN3[C@H]1C=CC3=CC(O)S[C@]32C1.